The monoisotopic (exact) mass is 267 g/mol. The van der Waals surface area contributed by atoms with E-state index in [4.69, 9.17) is 0 Å². The maximum absolute atomic E-state index is 12.5. The van der Waals surface area contributed by atoms with E-state index in [9.17, 15) is 9.90 Å². The van der Waals surface area contributed by atoms with Crippen molar-refractivity contribution in [1.82, 2.24) is 4.90 Å². The first-order valence-electron chi connectivity index (χ1n) is 6.80. The normalized spacial score (nSPS) is 13.9. The zero-order valence-electron chi connectivity index (χ0n) is 11.5. The Hall–Kier alpha value is -2.29. The Balaban J connectivity index is 1.82. The second-order valence-corrected chi connectivity index (χ2v) is 5.30. The topological polar surface area (TPSA) is 40.5 Å². The molecule has 0 aromatic heterocycles. The fourth-order valence-corrected chi connectivity index (χ4v) is 2.60. The predicted molar refractivity (Wildman–Crippen MR) is 77.7 cm³/mol. The van der Waals surface area contributed by atoms with Gasteiger partial charge in [-0.1, -0.05) is 23.8 Å². The van der Waals surface area contributed by atoms with Gasteiger partial charge in [-0.05, 0) is 48.7 Å². The van der Waals surface area contributed by atoms with E-state index in [-0.39, 0.29) is 11.7 Å². The number of phenolic OH excluding ortho intramolecular Hbond substituents is 1. The number of fused-ring (bicyclic) bond motifs is 1. The van der Waals surface area contributed by atoms with Gasteiger partial charge in [0, 0.05) is 18.7 Å². The van der Waals surface area contributed by atoms with Crippen molar-refractivity contribution in [1.29, 1.82) is 0 Å². The molecule has 3 nitrogen and oxygen atoms in total. The van der Waals surface area contributed by atoms with Crippen molar-refractivity contribution in [2.45, 2.75) is 19.9 Å². The average Bonchev–Trinajstić information content (AvgIpc) is 2.46. The summed E-state index contributed by atoms with van der Waals surface area (Å²) in [6, 6.07) is 13.1. The van der Waals surface area contributed by atoms with Gasteiger partial charge in [-0.25, -0.2) is 0 Å². The Morgan fingerprint density at radius 3 is 2.60 bits per heavy atom. The van der Waals surface area contributed by atoms with Crippen molar-refractivity contribution in [2.75, 3.05) is 6.54 Å². The lowest BCUT2D eigenvalue weighted by atomic mass is 9.98. The van der Waals surface area contributed by atoms with Crippen LogP contribution in [0.1, 0.15) is 27.0 Å². The molecule has 2 aromatic carbocycles. The number of hydrogen-bond acceptors (Lipinski definition) is 2. The first-order chi connectivity index (χ1) is 9.63. The van der Waals surface area contributed by atoms with E-state index in [2.05, 4.69) is 0 Å². The van der Waals surface area contributed by atoms with Crippen LogP contribution in [-0.4, -0.2) is 22.5 Å². The molecule has 0 aliphatic carbocycles. The van der Waals surface area contributed by atoms with Crippen LogP contribution >= 0.6 is 0 Å². The highest BCUT2D eigenvalue weighted by Crippen LogP contribution is 2.24. The van der Waals surface area contributed by atoms with Crippen LogP contribution in [0.5, 0.6) is 5.75 Å². The van der Waals surface area contributed by atoms with Crippen LogP contribution in [-0.2, 0) is 13.0 Å². The SMILES string of the molecule is Cc1ccc(C(=O)N2CCc3ccc(O)cc3C2)cc1. The molecule has 2 aromatic rings. The average molecular weight is 267 g/mol. The molecule has 0 radical (unpaired) electrons. The van der Waals surface area contributed by atoms with Crippen LogP contribution < -0.4 is 0 Å². The molecule has 0 unspecified atom stereocenters. The number of nitrogens with zero attached hydrogens (tertiary/aromatic N) is 1. The number of carbonyl (C=O) groups is 1. The first kappa shape index (κ1) is 12.7. The zero-order chi connectivity index (χ0) is 14.1. The third-order valence-corrected chi connectivity index (χ3v) is 3.79. The third-order valence-electron chi connectivity index (χ3n) is 3.79. The summed E-state index contributed by atoms with van der Waals surface area (Å²) >= 11 is 0. The largest absolute Gasteiger partial charge is 0.508 e. The quantitative estimate of drug-likeness (QED) is 0.863. The molecule has 0 saturated carbocycles. The second kappa shape index (κ2) is 5.00. The number of phenols is 1. The van der Waals surface area contributed by atoms with E-state index in [1.54, 1.807) is 12.1 Å². The predicted octanol–water partition coefficient (Wildman–Crippen LogP) is 2.90. The molecule has 0 fully saturated rings. The molecule has 3 heteroatoms. The smallest absolute Gasteiger partial charge is 0.254 e. The molecule has 0 spiro atoms. The number of carbonyl (C=O) groups excluding carboxylic acids is 1. The Kier molecular flexibility index (Phi) is 3.18. The summed E-state index contributed by atoms with van der Waals surface area (Å²) in [5.74, 6) is 0.312. The van der Waals surface area contributed by atoms with Crippen LogP contribution in [0.25, 0.3) is 0 Å². The van der Waals surface area contributed by atoms with Gasteiger partial charge in [-0.15, -0.1) is 0 Å². The molecule has 0 saturated heterocycles. The molecule has 1 amide bonds. The van der Waals surface area contributed by atoms with Crippen LogP contribution in [0.2, 0.25) is 0 Å². The van der Waals surface area contributed by atoms with Gasteiger partial charge in [0.05, 0.1) is 0 Å². The summed E-state index contributed by atoms with van der Waals surface area (Å²) in [5, 5.41) is 9.56. The number of benzene rings is 2. The third kappa shape index (κ3) is 2.39. The van der Waals surface area contributed by atoms with E-state index in [1.165, 1.54) is 5.56 Å². The van der Waals surface area contributed by atoms with Crippen molar-refractivity contribution in [3.05, 3.63) is 64.7 Å². The van der Waals surface area contributed by atoms with Crippen molar-refractivity contribution in [2.24, 2.45) is 0 Å². The molecular weight excluding hydrogens is 250 g/mol. The number of amides is 1. The Labute approximate surface area is 118 Å². The molecule has 1 aliphatic heterocycles. The van der Waals surface area contributed by atoms with Gasteiger partial charge in [0.25, 0.3) is 5.91 Å². The molecular formula is C17H17NO2. The van der Waals surface area contributed by atoms with Gasteiger partial charge in [0.1, 0.15) is 5.75 Å². The lowest BCUT2D eigenvalue weighted by molar-refractivity contribution is 0.0734. The minimum absolute atomic E-state index is 0.0546. The molecule has 1 heterocycles. The summed E-state index contributed by atoms with van der Waals surface area (Å²) in [7, 11) is 0. The van der Waals surface area contributed by atoms with Crippen molar-refractivity contribution < 1.29 is 9.90 Å². The molecule has 1 N–H and O–H groups in total. The van der Waals surface area contributed by atoms with Crippen LogP contribution in [0, 0.1) is 6.92 Å². The van der Waals surface area contributed by atoms with Gasteiger partial charge in [0.2, 0.25) is 0 Å². The van der Waals surface area contributed by atoms with Gasteiger partial charge < -0.3 is 10.0 Å². The van der Waals surface area contributed by atoms with Crippen molar-refractivity contribution in [3.63, 3.8) is 0 Å². The van der Waals surface area contributed by atoms with Gasteiger partial charge in [0.15, 0.2) is 0 Å². The van der Waals surface area contributed by atoms with Gasteiger partial charge in [-0.3, -0.25) is 4.79 Å². The second-order valence-electron chi connectivity index (χ2n) is 5.30. The molecule has 20 heavy (non-hydrogen) atoms. The molecule has 3 rings (SSSR count). The lowest BCUT2D eigenvalue weighted by Gasteiger charge is -2.29. The van der Waals surface area contributed by atoms with Crippen molar-refractivity contribution >= 4 is 5.91 Å². The summed E-state index contributed by atoms with van der Waals surface area (Å²) in [4.78, 5) is 14.3. The maximum atomic E-state index is 12.5. The fourth-order valence-electron chi connectivity index (χ4n) is 2.60. The lowest BCUT2D eigenvalue weighted by Crippen LogP contribution is -2.35. The molecule has 102 valence electrons. The van der Waals surface area contributed by atoms with Gasteiger partial charge >= 0.3 is 0 Å². The van der Waals surface area contributed by atoms with E-state index in [0.29, 0.717) is 6.54 Å². The Morgan fingerprint density at radius 2 is 1.85 bits per heavy atom. The Morgan fingerprint density at radius 1 is 1.10 bits per heavy atom. The van der Waals surface area contributed by atoms with E-state index < -0.39 is 0 Å². The number of rotatable bonds is 1. The first-order valence-corrected chi connectivity index (χ1v) is 6.80. The molecule has 0 atom stereocenters. The zero-order valence-corrected chi connectivity index (χ0v) is 11.5. The number of aromatic hydroxyl groups is 1. The van der Waals surface area contributed by atoms with E-state index in [1.807, 2.05) is 42.2 Å². The minimum Gasteiger partial charge on any atom is -0.508 e. The van der Waals surface area contributed by atoms with E-state index in [0.717, 1.165) is 29.7 Å². The highest BCUT2D eigenvalue weighted by atomic mass is 16.3. The van der Waals surface area contributed by atoms with Crippen LogP contribution in [0.15, 0.2) is 42.5 Å². The standard InChI is InChI=1S/C17H17NO2/c1-12-2-4-14(5-3-12)17(20)18-9-8-13-6-7-16(19)10-15(13)11-18/h2-7,10,19H,8-9,11H2,1H3. The van der Waals surface area contributed by atoms with E-state index >= 15 is 0 Å². The Bertz CT molecular complexity index is 647. The van der Waals surface area contributed by atoms with Crippen molar-refractivity contribution in [3.8, 4) is 5.75 Å². The highest BCUT2D eigenvalue weighted by Gasteiger charge is 2.21. The molecule has 1 aliphatic rings. The maximum Gasteiger partial charge on any atom is 0.254 e. The number of aryl methyl sites for hydroxylation is 1. The summed E-state index contributed by atoms with van der Waals surface area (Å²) < 4.78 is 0. The highest BCUT2D eigenvalue weighted by molar-refractivity contribution is 5.94. The van der Waals surface area contributed by atoms with Crippen LogP contribution in [0.3, 0.4) is 0 Å². The summed E-state index contributed by atoms with van der Waals surface area (Å²) in [5.41, 5.74) is 4.13. The summed E-state index contributed by atoms with van der Waals surface area (Å²) in [6.45, 7) is 3.30. The minimum atomic E-state index is 0.0546. The fraction of sp³-hybridized carbons (Fsp3) is 0.235. The molecule has 0 bridgehead atoms. The van der Waals surface area contributed by atoms with Gasteiger partial charge in [-0.2, -0.15) is 0 Å². The van der Waals surface area contributed by atoms with Crippen LogP contribution in [0.4, 0.5) is 0 Å². The summed E-state index contributed by atoms with van der Waals surface area (Å²) in [6.07, 6.45) is 0.840. The number of hydrogen-bond donors (Lipinski definition) is 1.